The van der Waals surface area contributed by atoms with Crippen molar-refractivity contribution in [3.63, 3.8) is 0 Å². The van der Waals surface area contributed by atoms with Gasteiger partial charge in [-0.15, -0.1) is 20.4 Å². The van der Waals surface area contributed by atoms with Crippen LogP contribution in [0.2, 0.25) is 0 Å². The van der Waals surface area contributed by atoms with Crippen molar-refractivity contribution >= 4 is 11.8 Å². The summed E-state index contributed by atoms with van der Waals surface area (Å²) in [6.45, 7) is 5.07. The Morgan fingerprint density at radius 1 is 1.26 bits per heavy atom. The van der Waals surface area contributed by atoms with Crippen LogP contribution in [-0.4, -0.2) is 25.0 Å². The van der Waals surface area contributed by atoms with Crippen LogP contribution in [0.1, 0.15) is 49.7 Å². The fourth-order valence-electron chi connectivity index (χ4n) is 1.90. The third-order valence-corrected chi connectivity index (χ3v) is 4.03. The molecule has 0 aliphatic heterocycles. The average Bonchev–Trinajstić information content (AvgIpc) is 3.06. The third-order valence-electron chi connectivity index (χ3n) is 3.08. The zero-order chi connectivity index (χ0) is 13.2. The quantitative estimate of drug-likeness (QED) is 0.757. The molecule has 2 heterocycles. The van der Waals surface area contributed by atoms with Gasteiger partial charge < -0.3 is 8.98 Å². The largest absolute Gasteiger partial charge is 0.424 e. The van der Waals surface area contributed by atoms with E-state index in [1.807, 2.05) is 6.92 Å². The van der Waals surface area contributed by atoms with Crippen LogP contribution in [0.4, 0.5) is 0 Å². The van der Waals surface area contributed by atoms with Crippen LogP contribution >= 0.6 is 11.8 Å². The van der Waals surface area contributed by atoms with Crippen molar-refractivity contribution in [3.8, 4) is 0 Å². The predicted molar refractivity (Wildman–Crippen MR) is 70.9 cm³/mol. The first-order chi connectivity index (χ1) is 9.28. The minimum Gasteiger partial charge on any atom is -0.424 e. The van der Waals surface area contributed by atoms with Crippen molar-refractivity contribution < 1.29 is 4.42 Å². The van der Waals surface area contributed by atoms with Crippen molar-refractivity contribution in [3.05, 3.63) is 17.6 Å². The number of hydrogen-bond acceptors (Lipinski definition) is 6. The molecule has 0 bridgehead atoms. The van der Waals surface area contributed by atoms with Crippen LogP contribution in [0.3, 0.4) is 0 Å². The molecule has 0 radical (unpaired) electrons. The summed E-state index contributed by atoms with van der Waals surface area (Å²) in [4.78, 5) is 0. The van der Waals surface area contributed by atoms with Crippen molar-refractivity contribution in [2.45, 2.75) is 56.5 Å². The maximum Gasteiger partial charge on any atom is 0.226 e. The fourth-order valence-corrected chi connectivity index (χ4v) is 2.74. The molecule has 2 aromatic rings. The van der Waals surface area contributed by atoms with Gasteiger partial charge in [-0.1, -0.05) is 18.7 Å². The second-order valence-electron chi connectivity index (χ2n) is 4.78. The molecule has 7 heteroatoms. The first-order valence-electron chi connectivity index (χ1n) is 6.62. The summed E-state index contributed by atoms with van der Waals surface area (Å²) in [7, 11) is 0. The highest BCUT2D eigenvalue weighted by Crippen LogP contribution is 2.39. The normalized spacial score (nSPS) is 15.1. The number of aromatic nitrogens is 5. The number of aryl methyl sites for hydroxylation is 1. The van der Waals surface area contributed by atoms with Crippen LogP contribution in [0.15, 0.2) is 9.57 Å². The van der Waals surface area contributed by atoms with Gasteiger partial charge in [0.15, 0.2) is 5.16 Å². The van der Waals surface area contributed by atoms with E-state index in [1.165, 1.54) is 12.8 Å². The molecule has 0 amide bonds. The van der Waals surface area contributed by atoms with Gasteiger partial charge in [-0.2, -0.15) is 0 Å². The summed E-state index contributed by atoms with van der Waals surface area (Å²) in [6.07, 6.45) is 3.43. The van der Waals surface area contributed by atoms with Gasteiger partial charge in [-0.3, -0.25) is 0 Å². The van der Waals surface area contributed by atoms with Gasteiger partial charge in [0.1, 0.15) is 5.82 Å². The van der Waals surface area contributed by atoms with Gasteiger partial charge >= 0.3 is 0 Å². The van der Waals surface area contributed by atoms with Gasteiger partial charge in [-0.05, 0) is 26.2 Å². The molecule has 3 rings (SSSR count). The van der Waals surface area contributed by atoms with Crippen molar-refractivity contribution in [2.24, 2.45) is 0 Å². The fraction of sp³-hybridized carbons (Fsp3) is 0.667. The smallest absolute Gasteiger partial charge is 0.226 e. The van der Waals surface area contributed by atoms with E-state index in [1.54, 1.807) is 11.8 Å². The lowest BCUT2D eigenvalue weighted by atomic mass is 10.4. The van der Waals surface area contributed by atoms with Gasteiger partial charge in [0.25, 0.3) is 0 Å². The first-order valence-corrected chi connectivity index (χ1v) is 7.61. The Hall–Kier alpha value is -1.37. The second-order valence-corrected chi connectivity index (χ2v) is 5.72. The lowest BCUT2D eigenvalue weighted by Gasteiger charge is -2.04. The predicted octanol–water partition coefficient (Wildman–Crippen LogP) is 2.55. The lowest BCUT2D eigenvalue weighted by Crippen LogP contribution is -2.01. The molecule has 0 spiro atoms. The molecule has 102 valence electrons. The van der Waals surface area contributed by atoms with E-state index in [2.05, 4.69) is 31.9 Å². The Labute approximate surface area is 116 Å². The Morgan fingerprint density at radius 3 is 2.84 bits per heavy atom. The lowest BCUT2D eigenvalue weighted by molar-refractivity contribution is 0.466. The van der Waals surface area contributed by atoms with Crippen LogP contribution < -0.4 is 0 Å². The van der Waals surface area contributed by atoms with Gasteiger partial charge in [0.2, 0.25) is 11.8 Å². The minimum atomic E-state index is 0.511. The average molecular weight is 279 g/mol. The monoisotopic (exact) mass is 279 g/mol. The first kappa shape index (κ1) is 12.7. The zero-order valence-electron chi connectivity index (χ0n) is 11.2. The molecule has 0 aromatic carbocycles. The molecule has 2 aromatic heterocycles. The summed E-state index contributed by atoms with van der Waals surface area (Å²) in [5, 5.41) is 17.4. The molecule has 0 atom stereocenters. The molecule has 1 fully saturated rings. The number of thioether (sulfide) groups is 1. The number of hydrogen-bond donors (Lipinski definition) is 0. The Morgan fingerprint density at radius 2 is 2.11 bits per heavy atom. The van der Waals surface area contributed by atoms with Gasteiger partial charge in [0, 0.05) is 12.5 Å². The molecule has 0 saturated heterocycles. The van der Waals surface area contributed by atoms with E-state index >= 15 is 0 Å². The standard InChI is InChI=1S/C12H17N5OS/c1-3-6-17-8(2)13-16-12(17)19-7-10-14-15-11(18-10)9-4-5-9/h9H,3-7H2,1-2H3. The molecule has 1 aliphatic rings. The SMILES string of the molecule is CCCn1c(C)nnc1SCc1nnc(C2CC2)o1. The molecular formula is C12H17N5OS. The zero-order valence-corrected chi connectivity index (χ0v) is 12.0. The molecule has 19 heavy (non-hydrogen) atoms. The summed E-state index contributed by atoms with van der Waals surface area (Å²) in [6, 6.07) is 0. The summed E-state index contributed by atoms with van der Waals surface area (Å²) < 4.78 is 7.76. The molecule has 6 nitrogen and oxygen atoms in total. The van der Waals surface area contributed by atoms with E-state index in [4.69, 9.17) is 4.42 Å². The highest BCUT2D eigenvalue weighted by atomic mass is 32.2. The highest BCUT2D eigenvalue weighted by molar-refractivity contribution is 7.98. The summed E-state index contributed by atoms with van der Waals surface area (Å²) in [5.74, 6) is 3.59. The van der Waals surface area contributed by atoms with E-state index in [-0.39, 0.29) is 0 Å². The molecule has 1 saturated carbocycles. The molecular weight excluding hydrogens is 262 g/mol. The topological polar surface area (TPSA) is 69.6 Å². The van der Waals surface area contributed by atoms with Crippen molar-refractivity contribution in [2.75, 3.05) is 0 Å². The van der Waals surface area contributed by atoms with E-state index in [0.29, 0.717) is 17.6 Å². The van der Waals surface area contributed by atoms with Crippen molar-refractivity contribution in [1.82, 2.24) is 25.0 Å². The number of nitrogens with zero attached hydrogens (tertiary/aromatic N) is 5. The summed E-state index contributed by atoms with van der Waals surface area (Å²) in [5.41, 5.74) is 0. The number of rotatable bonds is 6. The molecule has 0 N–H and O–H groups in total. The minimum absolute atomic E-state index is 0.511. The Bertz CT molecular complexity index is 560. The van der Waals surface area contributed by atoms with Crippen LogP contribution in [-0.2, 0) is 12.3 Å². The van der Waals surface area contributed by atoms with Gasteiger partial charge in [-0.25, -0.2) is 0 Å². The molecule has 1 aliphatic carbocycles. The van der Waals surface area contributed by atoms with Crippen LogP contribution in [0.5, 0.6) is 0 Å². The van der Waals surface area contributed by atoms with Gasteiger partial charge in [0.05, 0.1) is 5.75 Å². The van der Waals surface area contributed by atoms with E-state index in [9.17, 15) is 0 Å². The van der Waals surface area contributed by atoms with Crippen LogP contribution in [0.25, 0.3) is 0 Å². The van der Waals surface area contributed by atoms with E-state index < -0.39 is 0 Å². The summed E-state index contributed by atoms with van der Waals surface area (Å²) >= 11 is 1.60. The van der Waals surface area contributed by atoms with E-state index in [0.717, 1.165) is 29.8 Å². The molecule has 0 unspecified atom stereocenters. The Kier molecular flexibility index (Phi) is 3.54. The Balaban J connectivity index is 1.64. The highest BCUT2D eigenvalue weighted by Gasteiger charge is 2.29. The maximum atomic E-state index is 5.64. The van der Waals surface area contributed by atoms with Crippen LogP contribution in [0, 0.1) is 6.92 Å². The third kappa shape index (κ3) is 2.80. The second kappa shape index (κ2) is 5.32. The van der Waals surface area contributed by atoms with Crippen molar-refractivity contribution in [1.29, 1.82) is 0 Å². The maximum absolute atomic E-state index is 5.64.